The van der Waals surface area contributed by atoms with Crippen LogP contribution in [0.3, 0.4) is 0 Å². The Labute approximate surface area is 189 Å². The average molecular weight is 439 g/mol. The molecular formula is C25H21N5O3. The minimum atomic E-state index is -0.305. The van der Waals surface area contributed by atoms with E-state index in [0.717, 1.165) is 16.6 Å². The molecule has 0 saturated carbocycles. The Morgan fingerprint density at radius 1 is 0.970 bits per heavy atom. The Morgan fingerprint density at radius 2 is 1.64 bits per heavy atom. The summed E-state index contributed by atoms with van der Waals surface area (Å²) in [6.07, 6.45) is 3.34. The SMILES string of the molecule is CC(C)n1ncc2cc(NC(=O)c3ccc(CN4C(=O)c5ccccc5C4=O)cc3)cnc21. The Hall–Kier alpha value is -4.33. The van der Waals surface area contributed by atoms with Gasteiger partial charge in [-0.25, -0.2) is 9.67 Å². The molecule has 2 aromatic heterocycles. The van der Waals surface area contributed by atoms with Crippen LogP contribution < -0.4 is 5.32 Å². The second-order valence-electron chi connectivity index (χ2n) is 8.21. The van der Waals surface area contributed by atoms with Crippen LogP contribution in [0.25, 0.3) is 11.0 Å². The van der Waals surface area contributed by atoms with E-state index in [9.17, 15) is 14.4 Å². The van der Waals surface area contributed by atoms with Crippen molar-refractivity contribution >= 4 is 34.4 Å². The Balaban J connectivity index is 1.28. The number of aromatic nitrogens is 3. The number of anilines is 1. The molecule has 3 heterocycles. The van der Waals surface area contributed by atoms with Crippen LogP contribution in [0.4, 0.5) is 5.69 Å². The molecule has 1 aliphatic heterocycles. The van der Waals surface area contributed by atoms with Gasteiger partial charge in [0.25, 0.3) is 17.7 Å². The second-order valence-corrected chi connectivity index (χ2v) is 8.21. The van der Waals surface area contributed by atoms with E-state index in [1.54, 1.807) is 60.9 Å². The fraction of sp³-hybridized carbons (Fsp3) is 0.160. The number of carbonyl (C=O) groups is 3. The molecule has 0 atom stereocenters. The summed E-state index contributed by atoms with van der Waals surface area (Å²) >= 11 is 0. The molecule has 0 aliphatic carbocycles. The van der Waals surface area contributed by atoms with Crippen molar-refractivity contribution in [3.05, 3.63) is 89.2 Å². The molecule has 33 heavy (non-hydrogen) atoms. The van der Waals surface area contributed by atoms with Crippen LogP contribution in [0, 0.1) is 0 Å². The average Bonchev–Trinajstić information content (AvgIpc) is 3.35. The predicted octanol–water partition coefficient (Wildman–Crippen LogP) is 4.06. The highest BCUT2D eigenvalue weighted by molar-refractivity contribution is 6.21. The van der Waals surface area contributed by atoms with Crippen molar-refractivity contribution in [1.82, 2.24) is 19.7 Å². The Kier molecular flexibility index (Phi) is 4.97. The summed E-state index contributed by atoms with van der Waals surface area (Å²) in [5, 5.41) is 8.03. The van der Waals surface area contributed by atoms with Crippen LogP contribution in [0.15, 0.2) is 67.0 Å². The summed E-state index contributed by atoms with van der Waals surface area (Å²) in [5.74, 6) is -0.887. The molecule has 4 aromatic rings. The monoisotopic (exact) mass is 439 g/mol. The molecule has 5 rings (SSSR count). The lowest BCUT2D eigenvalue weighted by Gasteiger charge is -2.14. The van der Waals surface area contributed by atoms with Crippen LogP contribution in [0.5, 0.6) is 0 Å². The zero-order valence-electron chi connectivity index (χ0n) is 18.1. The highest BCUT2D eigenvalue weighted by atomic mass is 16.2. The van der Waals surface area contributed by atoms with Gasteiger partial charge < -0.3 is 5.32 Å². The first kappa shape index (κ1) is 20.6. The molecule has 3 amide bonds. The van der Waals surface area contributed by atoms with Crippen molar-refractivity contribution in [3.8, 4) is 0 Å². The van der Waals surface area contributed by atoms with Gasteiger partial charge in [0.2, 0.25) is 0 Å². The van der Waals surface area contributed by atoms with E-state index in [4.69, 9.17) is 0 Å². The van der Waals surface area contributed by atoms with E-state index >= 15 is 0 Å². The highest BCUT2D eigenvalue weighted by Gasteiger charge is 2.34. The van der Waals surface area contributed by atoms with Gasteiger partial charge in [-0.15, -0.1) is 0 Å². The van der Waals surface area contributed by atoms with Gasteiger partial charge in [-0.3, -0.25) is 19.3 Å². The number of nitrogens with one attached hydrogen (secondary N) is 1. The van der Waals surface area contributed by atoms with Gasteiger partial charge in [-0.1, -0.05) is 24.3 Å². The van der Waals surface area contributed by atoms with Crippen molar-refractivity contribution in [2.75, 3.05) is 5.32 Å². The van der Waals surface area contributed by atoms with E-state index in [-0.39, 0.29) is 30.3 Å². The first-order valence-electron chi connectivity index (χ1n) is 10.6. The molecule has 164 valence electrons. The number of nitrogens with zero attached hydrogens (tertiary/aromatic N) is 4. The number of hydrogen-bond donors (Lipinski definition) is 1. The molecule has 8 nitrogen and oxygen atoms in total. The largest absolute Gasteiger partial charge is 0.321 e. The summed E-state index contributed by atoms with van der Waals surface area (Å²) in [4.78, 5) is 43.4. The maximum absolute atomic E-state index is 12.7. The number of carbonyl (C=O) groups excluding carboxylic acids is 3. The van der Waals surface area contributed by atoms with Gasteiger partial charge in [0.15, 0.2) is 5.65 Å². The van der Waals surface area contributed by atoms with E-state index in [2.05, 4.69) is 15.4 Å². The number of fused-ring (bicyclic) bond motifs is 2. The molecule has 0 saturated heterocycles. The molecule has 2 aromatic carbocycles. The first-order valence-corrected chi connectivity index (χ1v) is 10.6. The minimum Gasteiger partial charge on any atom is -0.321 e. The van der Waals surface area contributed by atoms with Crippen molar-refractivity contribution < 1.29 is 14.4 Å². The van der Waals surface area contributed by atoms with Gasteiger partial charge >= 0.3 is 0 Å². The van der Waals surface area contributed by atoms with Gasteiger partial charge in [0, 0.05) is 17.0 Å². The Morgan fingerprint density at radius 3 is 2.27 bits per heavy atom. The van der Waals surface area contributed by atoms with Crippen LogP contribution in [-0.2, 0) is 6.54 Å². The fourth-order valence-electron chi connectivity index (χ4n) is 3.92. The third-order valence-corrected chi connectivity index (χ3v) is 5.62. The van der Waals surface area contributed by atoms with E-state index in [0.29, 0.717) is 22.4 Å². The number of amides is 3. The quantitative estimate of drug-likeness (QED) is 0.473. The molecular weight excluding hydrogens is 418 g/mol. The van der Waals surface area contributed by atoms with Crippen LogP contribution in [-0.4, -0.2) is 37.4 Å². The maximum atomic E-state index is 12.7. The molecule has 1 N–H and O–H groups in total. The molecule has 8 heteroatoms. The lowest BCUT2D eigenvalue weighted by Crippen LogP contribution is -2.29. The van der Waals surface area contributed by atoms with Gasteiger partial charge in [0.05, 0.1) is 35.8 Å². The van der Waals surface area contributed by atoms with Crippen molar-refractivity contribution in [2.24, 2.45) is 0 Å². The van der Waals surface area contributed by atoms with Gasteiger partial charge in [-0.2, -0.15) is 5.10 Å². The molecule has 0 unspecified atom stereocenters. The van der Waals surface area contributed by atoms with Gasteiger partial charge in [-0.05, 0) is 49.7 Å². The molecule has 0 spiro atoms. The fourth-order valence-corrected chi connectivity index (χ4v) is 3.92. The predicted molar refractivity (Wildman–Crippen MR) is 123 cm³/mol. The lowest BCUT2D eigenvalue weighted by atomic mass is 10.1. The zero-order chi connectivity index (χ0) is 23.1. The van der Waals surface area contributed by atoms with Gasteiger partial charge in [0.1, 0.15) is 0 Å². The summed E-state index contributed by atoms with van der Waals surface area (Å²) < 4.78 is 1.83. The number of imide groups is 1. The molecule has 1 aliphatic rings. The van der Waals surface area contributed by atoms with E-state index in [1.165, 1.54) is 4.90 Å². The van der Waals surface area contributed by atoms with Crippen molar-refractivity contribution in [3.63, 3.8) is 0 Å². The second kappa shape index (κ2) is 7.98. The van der Waals surface area contributed by atoms with Crippen LogP contribution >= 0.6 is 0 Å². The third-order valence-electron chi connectivity index (χ3n) is 5.62. The van der Waals surface area contributed by atoms with E-state index < -0.39 is 0 Å². The maximum Gasteiger partial charge on any atom is 0.261 e. The molecule has 0 radical (unpaired) electrons. The topological polar surface area (TPSA) is 97.2 Å². The summed E-state index contributed by atoms with van der Waals surface area (Å²) in [5.41, 5.74) is 3.39. The van der Waals surface area contributed by atoms with Crippen LogP contribution in [0.2, 0.25) is 0 Å². The Bertz CT molecular complexity index is 1370. The normalized spacial score (nSPS) is 13.1. The number of benzene rings is 2. The van der Waals surface area contributed by atoms with Crippen molar-refractivity contribution in [1.29, 1.82) is 0 Å². The van der Waals surface area contributed by atoms with Crippen LogP contribution in [0.1, 0.15) is 56.5 Å². The zero-order valence-corrected chi connectivity index (χ0v) is 18.1. The summed E-state index contributed by atoms with van der Waals surface area (Å²) in [6, 6.07) is 15.6. The first-order chi connectivity index (χ1) is 15.9. The van der Waals surface area contributed by atoms with E-state index in [1.807, 2.05) is 24.6 Å². The highest BCUT2D eigenvalue weighted by Crippen LogP contribution is 2.24. The number of rotatable bonds is 5. The van der Waals surface area contributed by atoms with Crippen molar-refractivity contribution in [2.45, 2.75) is 26.4 Å². The summed E-state index contributed by atoms with van der Waals surface area (Å²) in [7, 11) is 0. The summed E-state index contributed by atoms with van der Waals surface area (Å²) in [6.45, 7) is 4.21. The third kappa shape index (κ3) is 3.65. The standard InChI is InChI=1S/C25H21N5O3/c1-15(2)30-22-18(12-27-30)11-19(13-26-22)28-23(31)17-9-7-16(8-10-17)14-29-24(32)20-5-3-4-6-21(20)25(29)33/h3-13,15H,14H2,1-2H3,(H,28,31). The minimum absolute atomic E-state index is 0.147. The number of hydrogen-bond acceptors (Lipinski definition) is 5. The molecule has 0 bridgehead atoms. The lowest BCUT2D eigenvalue weighted by molar-refractivity contribution is 0.0642. The molecule has 0 fully saturated rings. The number of pyridine rings is 1. The smallest absolute Gasteiger partial charge is 0.261 e.